The Balaban J connectivity index is 1.93. The summed E-state index contributed by atoms with van der Waals surface area (Å²) in [6.45, 7) is 7.68. The van der Waals surface area contributed by atoms with Gasteiger partial charge in [0.15, 0.2) is 37.2 Å². The third-order valence-electron chi connectivity index (χ3n) is 6.79. The van der Waals surface area contributed by atoms with Crippen molar-refractivity contribution in [1.29, 1.82) is 0 Å². The zero-order chi connectivity index (χ0) is 30.0. The van der Waals surface area contributed by atoms with Gasteiger partial charge in [-0.25, -0.2) is 0 Å². The molecule has 16 heteroatoms. The van der Waals surface area contributed by atoms with E-state index in [0.717, 1.165) is 20.8 Å². The van der Waals surface area contributed by atoms with E-state index in [4.69, 9.17) is 37.9 Å². The van der Waals surface area contributed by atoms with Gasteiger partial charge in [-0.05, 0) is 20.8 Å². The number of esters is 3. The van der Waals surface area contributed by atoms with Crippen LogP contribution in [-0.4, -0.2) is 136 Å². The first-order chi connectivity index (χ1) is 18.6. The number of carbonyl (C=O) groups excluding carboxylic acids is 3. The Labute approximate surface area is 229 Å². The number of hydrogen-bond donors (Lipinski definition) is 5. The SMILES string of the molecule is CC(=O)O[C@@H]1[C@@H](O)[C@@H](O)[C@H](O[C@@H]2[C@@H](OC(C)=O)[C@H](C)O[C@@H](O[C@@H]3[C@@H](O)[C@H](C)OC(O)[C@@H]3O)[C@@H]2OC(C)=O)O[C@H]1C. The predicted molar refractivity (Wildman–Crippen MR) is 126 cm³/mol. The summed E-state index contributed by atoms with van der Waals surface area (Å²) < 4.78 is 44.2. The lowest BCUT2D eigenvalue weighted by Crippen LogP contribution is -2.66. The molecule has 0 aromatic rings. The summed E-state index contributed by atoms with van der Waals surface area (Å²) in [5.74, 6) is -2.32. The minimum Gasteiger partial charge on any atom is -0.457 e. The van der Waals surface area contributed by atoms with E-state index in [1.165, 1.54) is 20.8 Å². The molecule has 3 heterocycles. The van der Waals surface area contributed by atoms with E-state index in [1.807, 2.05) is 0 Å². The van der Waals surface area contributed by atoms with Crippen LogP contribution < -0.4 is 0 Å². The average molecular weight is 583 g/mol. The van der Waals surface area contributed by atoms with Gasteiger partial charge in [0.25, 0.3) is 0 Å². The molecule has 230 valence electrons. The monoisotopic (exact) mass is 582 g/mol. The maximum absolute atomic E-state index is 12.1. The predicted octanol–water partition coefficient (Wildman–Crippen LogP) is -2.78. The molecule has 3 fully saturated rings. The van der Waals surface area contributed by atoms with Crippen LogP contribution >= 0.6 is 0 Å². The van der Waals surface area contributed by atoms with E-state index in [-0.39, 0.29) is 0 Å². The molecule has 40 heavy (non-hydrogen) atoms. The minimum absolute atomic E-state index is 0.717. The molecule has 3 aliphatic rings. The van der Waals surface area contributed by atoms with Crippen molar-refractivity contribution in [3.63, 3.8) is 0 Å². The molecular weight excluding hydrogens is 544 g/mol. The summed E-state index contributed by atoms with van der Waals surface area (Å²) >= 11 is 0. The highest BCUT2D eigenvalue weighted by Crippen LogP contribution is 2.35. The Morgan fingerprint density at radius 1 is 0.500 bits per heavy atom. The van der Waals surface area contributed by atoms with E-state index in [9.17, 15) is 39.9 Å². The van der Waals surface area contributed by atoms with Crippen molar-refractivity contribution in [2.45, 2.75) is 134 Å². The Morgan fingerprint density at radius 2 is 0.975 bits per heavy atom. The molecule has 0 amide bonds. The smallest absolute Gasteiger partial charge is 0.303 e. The van der Waals surface area contributed by atoms with Gasteiger partial charge in [0.05, 0.1) is 18.3 Å². The van der Waals surface area contributed by atoms with E-state index < -0.39 is 110 Å². The summed E-state index contributed by atoms with van der Waals surface area (Å²) in [5.41, 5.74) is 0. The molecule has 0 aromatic carbocycles. The fraction of sp³-hybridized carbons (Fsp3) is 0.875. The zero-order valence-corrected chi connectivity index (χ0v) is 22.9. The third kappa shape index (κ3) is 7.25. The lowest BCUT2D eigenvalue weighted by atomic mass is 9.96. The summed E-state index contributed by atoms with van der Waals surface area (Å²) in [5, 5.41) is 52.4. The van der Waals surface area contributed by atoms with Gasteiger partial charge in [0.2, 0.25) is 0 Å². The molecule has 0 spiro atoms. The molecule has 15 atom stereocenters. The van der Waals surface area contributed by atoms with Gasteiger partial charge in [-0.15, -0.1) is 0 Å². The first-order valence-corrected chi connectivity index (χ1v) is 12.8. The number of ether oxygens (including phenoxy) is 8. The van der Waals surface area contributed by atoms with Crippen molar-refractivity contribution in [2.24, 2.45) is 0 Å². The minimum atomic E-state index is -1.77. The zero-order valence-electron chi connectivity index (χ0n) is 22.9. The van der Waals surface area contributed by atoms with Gasteiger partial charge in [0, 0.05) is 20.8 Å². The second-order valence-corrected chi connectivity index (χ2v) is 10.0. The van der Waals surface area contributed by atoms with Gasteiger partial charge in [0.1, 0.15) is 36.6 Å². The summed E-state index contributed by atoms with van der Waals surface area (Å²) in [6.07, 6.45) is -21.4. The molecule has 16 nitrogen and oxygen atoms in total. The lowest BCUT2D eigenvalue weighted by molar-refractivity contribution is -0.374. The highest BCUT2D eigenvalue weighted by molar-refractivity contribution is 5.67. The second-order valence-electron chi connectivity index (χ2n) is 10.0. The molecule has 0 aromatic heterocycles. The van der Waals surface area contributed by atoms with Crippen molar-refractivity contribution in [1.82, 2.24) is 0 Å². The summed E-state index contributed by atoms with van der Waals surface area (Å²) in [4.78, 5) is 35.5. The number of hydrogen-bond acceptors (Lipinski definition) is 16. The fourth-order valence-electron chi connectivity index (χ4n) is 4.86. The third-order valence-corrected chi connectivity index (χ3v) is 6.79. The molecular formula is C24H38O16. The van der Waals surface area contributed by atoms with Gasteiger partial charge >= 0.3 is 17.9 Å². The van der Waals surface area contributed by atoms with E-state index >= 15 is 0 Å². The molecule has 0 saturated carbocycles. The molecule has 5 N–H and O–H groups in total. The Hall–Kier alpha value is -1.99. The average Bonchev–Trinajstić information content (AvgIpc) is 2.85. The van der Waals surface area contributed by atoms with Crippen LogP contribution in [-0.2, 0) is 52.3 Å². The largest absolute Gasteiger partial charge is 0.457 e. The van der Waals surface area contributed by atoms with Gasteiger partial charge in [-0.1, -0.05) is 0 Å². The molecule has 3 saturated heterocycles. The number of aliphatic hydroxyl groups is 5. The number of aliphatic hydroxyl groups excluding tert-OH is 5. The van der Waals surface area contributed by atoms with Crippen molar-refractivity contribution >= 4 is 17.9 Å². The van der Waals surface area contributed by atoms with Gasteiger partial charge in [-0.3, -0.25) is 14.4 Å². The molecule has 3 aliphatic heterocycles. The molecule has 0 radical (unpaired) electrons. The van der Waals surface area contributed by atoms with Crippen LogP contribution in [0.25, 0.3) is 0 Å². The van der Waals surface area contributed by atoms with Crippen LogP contribution in [0.2, 0.25) is 0 Å². The normalized spacial score (nSPS) is 45.8. The van der Waals surface area contributed by atoms with Crippen LogP contribution in [0.1, 0.15) is 41.5 Å². The lowest BCUT2D eigenvalue weighted by Gasteiger charge is -2.48. The van der Waals surface area contributed by atoms with E-state index in [1.54, 1.807) is 0 Å². The van der Waals surface area contributed by atoms with Crippen molar-refractivity contribution in [3.8, 4) is 0 Å². The summed E-state index contributed by atoms with van der Waals surface area (Å²) in [7, 11) is 0. The van der Waals surface area contributed by atoms with Crippen LogP contribution in [0.5, 0.6) is 0 Å². The first kappa shape index (κ1) is 32.5. The van der Waals surface area contributed by atoms with Crippen molar-refractivity contribution in [3.05, 3.63) is 0 Å². The van der Waals surface area contributed by atoms with Gasteiger partial charge < -0.3 is 63.4 Å². The second kappa shape index (κ2) is 13.3. The summed E-state index contributed by atoms with van der Waals surface area (Å²) in [6, 6.07) is 0. The Bertz CT molecular complexity index is 886. The van der Waals surface area contributed by atoms with E-state index in [0.29, 0.717) is 0 Å². The van der Waals surface area contributed by atoms with E-state index in [2.05, 4.69) is 0 Å². The highest BCUT2D eigenvalue weighted by atomic mass is 16.8. The molecule has 3 rings (SSSR count). The van der Waals surface area contributed by atoms with Crippen LogP contribution in [0.15, 0.2) is 0 Å². The number of carbonyl (C=O) groups is 3. The quantitative estimate of drug-likeness (QED) is 0.151. The standard InChI is InChI=1S/C24H38O16/c1-7-13(28)19(16(31)22(32)33-7)39-24-21(38-12(6)27)20(18(9(3)35-24)37-11(5)26)40-23-15(30)14(29)17(8(2)34-23)36-10(4)25/h7-9,13-24,28-32H,1-6H3/t7-,8-,9-,13-,14-,15+,16+,17-,18-,19+,20+,21+,22?,23-,24-/m0/s1. The maximum atomic E-state index is 12.1. The molecule has 1 unspecified atom stereocenters. The topological polar surface area (TPSA) is 226 Å². The molecule has 0 bridgehead atoms. The van der Waals surface area contributed by atoms with Crippen LogP contribution in [0.3, 0.4) is 0 Å². The first-order valence-electron chi connectivity index (χ1n) is 12.8. The Morgan fingerprint density at radius 3 is 1.55 bits per heavy atom. The Kier molecular flexibility index (Phi) is 10.8. The number of rotatable bonds is 7. The molecule has 0 aliphatic carbocycles. The van der Waals surface area contributed by atoms with Crippen LogP contribution in [0, 0.1) is 0 Å². The van der Waals surface area contributed by atoms with Crippen LogP contribution in [0.4, 0.5) is 0 Å². The fourth-order valence-corrected chi connectivity index (χ4v) is 4.86. The van der Waals surface area contributed by atoms with Gasteiger partial charge in [-0.2, -0.15) is 0 Å². The van der Waals surface area contributed by atoms with Crippen molar-refractivity contribution in [2.75, 3.05) is 0 Å². The highest BCUT2D eigenvalue weighted by Gasteiger charge is 2.55. The maximum Gasteiger partial charge on any atom is 0.303 e. The van der Waals surface area contributed by atoms with Crippen molar-refractivity contribution < 1.29 is 77.8 Å².